The zero-order valence-corrected chi connectivity index (χ0v) is 9.76. The van der Waals surface area contributed by atoms with Gasteiger partial charge in [0.05, 0.1) is 4.90 Å². The van der Waals surface area contributed by atoms with E-state index >= 15 is 0 Å². The smallest absolute Gasteiger partial charge is 0.140 e. The molecule has 84 valence electrons. The first-order chi connectivity index (χ1) is 7.19. The van der Waals surface area contributed by atoms with E-state index in [0.717, 1.165) is 24.7 Å². The van der Waals surface area contributed by atoms with Crippen LogP contribution < -0.4 is 5.32 Å². The fraction of sp³-hybridized carbons (Fsp3) is 0.455. The van der Waals surface area contributed by atoms with Crippen LogP contribution in [0.5, 0.6) is 0 Å². The highest BCUT2D eigenvalue weighted by molar-refractivity contribution is 7.98. The highest BCUT2D eigenvalue weighted by Gasteiger charge is 2.09. The van der Waals surface area contributed by atoms with Crippen LogP contribution in [0.3, 0.4) is 0 Å². The molecule has 1 rings (SSSR count). The molecule has 0 atom stereocenters. The minimum atomic E-state index is -0.476. The summed E-state index contributed by atoms with van der Waals surface area (Å²) < 4.78 is 26.7. The molecule has 0 aliphatic carbocycles. The maximum absolute atomic E-state index is 13.3. The maximum atomic E-state index is 13.3. The first kappa shape index (κ1) is 12.5. The highest BCUT2D eigenvalue weighted by atomic mass is 32.2. The second-order valence-electron chi connectivity index (χ2n) is 3.27. The maximum Gasteiger partial charge on any atom is 0.140 e. The molecule has 0 saturated carbocycles. The van der Waals surface area contributed by atoms with Gasteiger partial charge in [0.25, 0.3) is 0 Å². The molecule has 0 aromatic heterocycles. The Kier molecular flexibility index (Phi) is 5.05. The monoisotopic (exact) mass is 231 g/mol. The lowest BCUT2D eigenvalue weighted by Crippen LogP contribution is -2.14. The number of halogens is 2. The van der Waals surface area contributed by atoms with Gasteiger partial charge < -0.3 is 5.32 Å². The first-order valence-corrected chi connectivity index (χ1v) is 6.14. The van der Waals surface area contributed by atoms with Gasteiger partial charge in [0, 0.05) is 6.54 Å². The van der Waals surface area contributed by atoms with Crippen molar-refractivity contribution < 1.29 is 8.78 Å². The molecule has 0 heterocycles. The van der Waals surface area contributed by atoms with E-state index < -0.39 is 11.6 Å². The average Bonchev–Trinajstić information content (AvgIpc) is 2.18. The molecular weight excluding hydrogens is 216 g/mol. The molecule has 0 aliphatic heterocycles. The molecular formula is C11H15F2NS. The summed E-state index contributed by atoms with van der Waals surface area (Å²) in [4.78, 5) is 0.0919. The van der Waals surface area contributed by atoms with Crippen LogP contribution in [0.2, 0.25) is 0 Å². The fourth-order valence-corrected chi connectivity index (χ4v) is 1.83. The number of rotatable bonds is 5. The van der Waals surface area contributed by atoms with Gasteiger partial charge in [-0.3, -0.25) is 0 Å². The number of benzene rings is 1. The summed E-state index contributed by atoms with van der Waals surface area (Å²) in [6.45, 7) is 3.41. The van der Waals surface area contributed by atoms with Crippen LogP contribution in [0.25, 0.3) is 0 Å². The molecule has 0 bridgehead atoms. The van der Waals surface area contributed by atoms with Crippen LogP contribution in [0.1, 0.15) is 18.9 Å². The summed E-state index contributed by atoms with van der Waals surface area (Å²) in [5.41, 5.74) is 0.649. The molecule has 0 spiro atoms. The Bertz CT molecular complexity index is 305. The van der Waals surface area contributed by atoms with E-state index in [2.05, 4.69) is 5.32 Å². The molecule has 0 radical (unpaired) electrons. The summed E-state index contributed by atoms with van der Waals surface area (Å²) in [7, 11) is 0. The lowest BCUT2D eigenvalue weighted by Gasteiger charge is -2.06. The molecule has 0 fully saturated rings. The topological polar surface area (TPSA) is 12.0 Å². The van der Waals surface area contributed by atoms with E-state index in [1.807, 2.05) is 6.92 Å². The zero-order chi connectivity index (χ0) is 11.3. The Morgan fingerprint density at radius 2 is 1.87 bits per heavy atom. The van der Waals surface area contributed by atoms with Gasteiger partial charge in [-0.25, -0.2) is 8.78 Å². The van der Waals surface area contributed by atoms with Gasteiger partial charge in [-0.15, -0.1) is 11.8 Å². The van der Waals surface area contributed by atoms with Crippen molar-refractivity contribution in [3.8, 4) is 0 Å². The normalized spacial score (nSPS) is 10.7. The largest absolute Gasteiger partial charge is 0.313 e. The molecule has 0 saturated heterocycles. The lowest BCUT2D eigenvalue weighted by molar-refractivity contribution is 0.534. The van der Waals surface area contributed by atoms with Crippen molar-refractivity contribution in [2.45, 2.75) is 24.8 Å². The Morgan fingerprint density at radius 3 is 2.33 bits per heavy atom. The van der Waals surface area contributed by atoms with Crippen molar-refractivity contribution in [1.82, 2.24) is 5.32 Å². The second-order valence-corrected chi connectivity index (χ2v) is 4.09. The average molecular weight is 231 g/mol. The van der Waals surface area contributed by atoms with Gasteiger partial charge in [0.2, 0.25) is 0 Å². The van der Waals surface area contributed by atoms with Gasteiger partial charge >= 0.3 is 0 Å². The van der Waals surface area contributed by atoms with Gasteiger partial charge in [0.15, 0.2) is 0 Å². The Labute approximate surface area is 93.3 Å². The van der Waals surface area contributed by atoms with Crippen molar-refractivity contribution in [1.29, 1.82) is 0 Å². The fourth-order valence-electron chi connectivity index (χ4n) is 1.32. The van der Waals surface area contributed by atoms with Gasteiger partial charge in [-0.2, -0.15) is 0 Å². The Morgan fingerprint density at radius 1 is 1.27 bits per heavy atom. The van der Waals surface area contributed by atoms with E-state index in [1.165, 1.54) is 12.1 Å². The molecule has 15 heavy (non-hydrogen) atoms. The van der Waals surface area contributed by atoms with Crippen LogP contribution in [0, 0.1) is 11.6 Å². The summed E-state index contributed by atoms with van der Waals surface area (Å²) in [6.07, 6.45) is 2.67. The highest BCUT2D eigenvalue weighted by Crippen LogP contribution is 2.24. The van der Waals surface area contributed by atoms with E-state index in [1.54, 1.807) is 6.26 Å². The number of hydrogen-bond acceptors (Lipinski definition) is 2. The van der Waals surface area contributed by atoms with Crippen LogP contribution in [0.4, 0.5) is 8.78 Å². The van der Waals surface area contributed by atoms with E-state index in [-0.39, 0.29) is 4.90 Å². The Balaban J connectivity index is 2.75. The van der Waals surface area contributed by atoms with Crippen LogP contribution in [-0.4, -0.2) is 12.8 Å². The number of thioether (sulfide) groups is 1. The molecule has 0 aliphatic rings. The van der Waals surface area contributed by atoms with Crippen LogP contribution >= 0.6 is 11.8 Å². The predicted octanol–water partition coefficient (Wildman–Crippen LogP) is 3.19. The third-order valence-electron chi connectivity index (χ3n) is 2.02. The minimum Gasteiger partial charge on any atom is -0.313 e. The van der Waals surface area contributed by atoms with Crippen molar-refractivity contribution >= 4 is 11.8 Å². The molecule has 0 amide bonds. The second kappa shape index (κ2) is 6.08. The van der Waals surface area contributed by atoms with Crippen molar-refractivity contribution in [2.24, 2.45) is 0 Å². The first-order valence-electron chi connectivity index (χ1n) is 4.91. The standard InChI is InChI=1S/C11H15F2NS/c1-3-4-14-7-8-5-9(12)11(15-2)10(13)6-8/h5-6,14H,3-4,7H2,1-2H3. The molecule has 1 aromatic carbocycles. The van der Waals surface area contributed by atoms with Gasteiger partial charge in [-0.05, 0) is 36.9 Å². The lowest BCUT2D eigenvalue weighted by atomic mass is 10.2. The molecule has 4 heteroatoms. The van der Waals surface area contributed by atoms with Crippen LogP contribution in [0.15, 0.2) is 17.0 Å². The van der Waals surface area contributed by atoms with E-state index in [9.17, 15) is 8.78 Å². The van der Waals surface area contributed by atoms with Gasteiger partial charge in [-0.1, -0.05) is 6.92 Å². The van der Waals surface area contributed by atoms with Crippen molar-refractivity contribution in [2.75, 3.05) is 12.8 Å². The number of hydrogen-bond donors (Lipinski definition) is 1. The summed E-state index contributed by atoms with van der Waals surface area (Å²) in [5.74, 6) is -0.952. The zero-order valence-electron chi connectivity index (χ0n) is 8.94. The summed E-state index contributed by atoms with van der Waals surface area (Å²) in [6, 6.07) is 2.77. The predicted molar refractivity (Wildman–Crippen MR) is 60.1 cm³/mol. The summed E-state index contributed by atoms with van der Waals surface area (Å²) >= 11 is 1.09. The van der Waals surface area contributed by atoms with Crippen LogP contribution in [-0.2, 0) is 6.54 Å². The quantitative estimate of drug-likeness (QED) is 0.617. The van der Waals surface area contributed by atoms with Crippen molar-refractivity contribution in [3.63, 3.8) is 0 Å². The summed E-state index contributed by atoms with van der Waals surface area (Å²) in [5, 5.41) is 3.10. The van der Waals surface area contributed by atoms with Gasteiger partial charge in [0.1, 0.15) is 11.6 Å². The molecule has 1 aromatic rings. The third kappa shape index (κ3) is 3.47. The molecule has 0 unspecified atom stereocenters. The van der Waals surface area contributed by atoms with E-state index in [4.69, 9.17) is 0 Å². The molecule has 1 nitrogen and oxygen atoms in total. The molecule has 1 N–H and O–H groups in total. The Hall–Kier alpha value is -0.610. The third-order valence-corrected chi connectivity index (χ3v) is 2.82. The van der Waals surface area contributed by atoms with E-state index in [0.29, 0.717) is 12.1 Å². The minimum absolute atomic E-state index is 0.0919. The SMILES string of the molecule is CCCNCc1cc(F)c(SC)c(F)c1. The van der Waals surface area contributed by atoms with Crippen molar-refractivity contribution in [3.05, 3.63) is 29.3 Å². The number of nitrogens with one attached hydrogen (secondary N) is 1.